The van der Waals surface area contributed by atoms with Crippen molar-refractivity contribution in [3.63, 3.8) is 0 Å². The van der Waals surface area contributed by atoms with Crippen LogP contribution >= 0.6 is 0 Å². The molecule has 0 N–H and O–H groups in total. The number of rotatable bonds is 5. The molecule has 1 unspecified atom stereocenters. The minimum absolute atomic E-state index is 0. The van der Waals surface area contributed by atoms with E-state index in [-0.39, 0.29) is 51.4 Å². The monoisotopic (exact) mass is 170 g/mol. The number of hydrogen-bond acceptors (Lipinski definition) is 3. The fourth-order valence-electron chi connectivity index (χ4n) is 0.346. The van der Waals surface area contributed by atoms with Gasteiger partial charge in [0.15, 0.2) is 0 Å². The SMILES string of the molecule is C=COCCOC(C)[O-].[K+]. The van der Waals surface area contributed by atoms with Crippen molar-refractivity contribution in [2.75, 3.05) is 13.2 Å². The number of hydrogen-bond donors (Lipinski definition) is 0. The van der Waals surface area contributed by atoms with Gasteiger partial charge in [0.2, 0.25) is 0 Å². The number of ether oxygens (including phenoxy) is 2. The third-order valence-corrected chi connectivity index (χ3v) is 0.672. The standard InChI is InChI=1S/C6H11O3.K/c1-3-8-4-5-9-6(2)7;/h3,6H,1,4-5H2,2H3;/q-1;+1. The molecule has 0 bridgehead atoms. The Hall–Kier alpha value is 1.10. The van der Waals surface area contributed by atoms with E-state index in [1.807, 2.05) is 0 Å². The van der Waals surface area contributed by atoms with Gasteiger partial charge in [0, 0.05) is 0 Å². The van der Waals surface area contributed by atoms with Crippen LogP contribution in [0.5, 0.6) is 0 Å². The minimum Gasteiger partial charge on any atom is -0.831 e. The molecule has 10 heavy (non-hydrogen) atoms. The zero-order chi connectivity index (χ0) is 7.11. The average Bonchev–Trinajstić information content (AvgIpc) is 1.80. The van der Waals surface area contributed by atoms with Gasteiger partial charge in [-0.15, -0.1) is 0 Å². The molecule has 0 aliphatic carbocycles. The van der Waals surface area contributed by atoms with Gasteiger partial charge in [-0.1, -0.05) is 13.5 Å². The predicted molar refractivity (Wildman–Crippen MR) is 31.6 cm³/mol. The van der Waals surface area contributed by atoms with E-state index in [9.17, 15) is 5.11 Å². The van der Waals surface area contributed by atoms with Gasteiger partial charge in [0.05, 0.1) is 12.9 Å². The maximum Gasteiger partial charge on any atom is 1.00 e. The van der Waals surface area contributed by atoms with E-state index in [1.54, 1.807) is 0 Å². The summed E-state index contributed by atoms with van der Waals surface area (Å²) in [6.07, 6.45) is 0.358. The molecule has 4 heteroatoms. The fourth-order valence-corrected chi connectivity index (χ4v) is 0.346. The zero-order valence-corrected chi connectivity index (χ0v) is 9.62. The third-order valence-electron chi connectivity index (χ3n) is 0.672. The molecule has 0 aromatic heterocycles. The van der Waals surface area contributed by atoms with Crippen molar-refractivity contribution in [2.24, 2.45) is 0 Å². The summed E-state index contributed by atoms with van der Waals surface area (Å²) in [5.74, 6) is 0. The Morgan fingerprint density at radius 3 is 2.60 bits per heavy atom. The maximum atomic E-state index is 10.2. The van der Waals surface area contributed by atoms with Crippen molar-refractivity contribution < 1.29 is 66.0 Å². The van der Waals surface area contributed by atoms with Gasteiger partial charge < -0.3 is 14.6 Å². The Morgan fingerprint density at radius 2 is 2.20 bits per heavy atom. The summed E-state index contributed by atoms with van der Waals surface area (Å²) in [4.78, 5) is 0. The molecular formula is C6H11KO3. The molecular weight excluding hydrogens is 159 g/mol. The van der Waals surface area contributed by atoms with E-state index in [1.165, 1.54) is 13.2 Å². The largest absolute Gasteiger partial charge is 1.00 e. The summed E-state index contributed by atoms with van der Waals surface area (Å²) >= 11 is 0. The molecule has 0 saturated carbocycles. The quantitative estimate of drug-likeness (QED) is 0.190. The van der Waals surface area contributed by atoms with Crippen LogP contribution in [0.4, 0.5) is 0 Å². The van der Waals surface area contributed by atoms with Crippen LogP contribution in [0.15, 0.2) is 12.8 Å². The van der Waals surface area contributed by atoms with E-state index in [4.69, 9.17) is 0 Å². The van der Waals surface area contributed by atoms with Gasteiger partial charge >= 0.3 is 51.4 Å². The Kier molecular flexibility index (Phi) is 13.8. The summed E-state index contributed by atoms with van der Waals surface area (Å²) < 4.78 is 9.30. The molecule has 3 nitrogen and oxygen atoms in total. The molecule has 54 valence electrons. The predicted octanol–water partition coefficient (Wildman–Crippen LogP) is -3.13. The van der Waals surface area contributed by atoms with Crippen LogP contribution in [0, 0.1) is 0 Å². The molecule has 0 spiro atoms. The molecule has 0 aliphatic rings. The zero-order valence-electron chi connectivity index (χ0n) is 6.50. The molecule has 0 radical (unpaired) electrons. The molecule has 1 atom stereocenters. The first-order chi connectivity index (χ1) is 4.27. The summed E-state index contributed by atoms with van der Waals surface area (Å²) in [5.41, 5.74) is 0. The molecule has 0 saturated heterocycles. The Morgan fingerprint density at radius 1 is 1.60 bits per heavy atom. The Balaban J connectivity index is 0. The van der Waals surface area contributed by atoms with Gasteiger partial charge in [0.25, 0.3) is 0 Å². The fraction of sp³-hybridized carbons (Fsp3) is 0.667. The molecule has 0 aromatic rings. The second kappa shape index (κ2) is 10.1. The minimum atomic E-state index is -0.960. The van der Waals surface area contributed by atoms with Gasteiger partial charge in [-0.3, -0.25) is 0 Å². The van der Waals surface area contributed by atoms with E-state index >= 15 is 0 Å². The normalized spacial score (nSPS) is 11.4. The summed E-state index contributed by atoms with van der Waals surface area (Å²) in [6.45, 7) is 5.49. The van der Waals surface area contributed by atoms with Crippen molar-refractivity contribution in [2.45, 2.75) is 13.2 Å². The van der Waals surface area contributed by atoms with Gasteiger partial charge in [0.1, 0.15) is 6.61 Å². The average molecular weight is 170 g/mol. The Bertz CT molecular complexity index is 75.4. The van der Waals surface area contributed by atoms with E-state index in [2.05, 4.69) is 16.1 Å². The van der Waals surface area contributed by atoms with Crippen molar-refractivity contribution >= 4 is 0 Å². The third kappa shape index (κ3) is 11.8. The molecule has 0 fully saturated rings. The maximum absolute atomic E-state index is 10.2. The first-order valence-corrected chi connectivity index (χ1v) is 2.77. The molecule has 0 aromatic carbocycles. The summed E-state index contributed by atoms with van der Waals surface area (Å²) in [5, 5.41) is 10.2. The molecule has 0 aliphatic heterocycles. The molecule has 0 amide bonds. The van der Waals surface area contributed by atoms with Crippen LogP contribution in [0.2, 0.25) is 0 Å². The van der Waals surface area contributed by atoms with Crippen LogP contribution in [-0.4, -0.2) is 19.5 Å². The smallest absolute Gasteiger partial charge is 0.831 e. The van der Waals surface area contributed by atoms with Crippen molar-refractivity contribution in [3.05, 3.63) is 12.8 Å². The second-order valence-electron chi connectivity index (χ2n) is 1.48. The van der Waals surface area contributed by atoms with Gasteiger partial charge in [-0.05, 0) is 6.29 Å². The first kappa shape index (κ1) is 13.7. The van der Waals surface area contributed by atoms with Crippen LogP contribution in [0.1, 0.15) is 6.92 Å². The molecule has 0 rings (SSSR count). The van der Waals surface area contributed by atoms with Gasteiger partial charge in [-0.25, -0.2) is 0 Å². The van der Waals surface area contributed by atoms with Crippen molar-refractivity contribution in [1.82, 2.24) is 0 Å². The second-order valence-corrected chi connectivity index (χ2v) is 1.48. The van der Waals surface area contributed by atoms with Crippen molar-refractivity contribution in [3.8, 4) is 0 Å². The summed E-state index contributed by atoms with van der Waals surface area (Å²) in [6, 6.07) is 0. The van der Waals surface area contributed by atoms with E-state index in [0.29, 0.717) is 13.2 Å². The van der Waals surface area contributed by atoms with Crippen LogP contribution in [-0.2, 0) is 9.47 Å². The van der Waals surface area contributed by atoms with Gasteiger partial charge in [-0.2, -0.15) is 0 Å². The topological polar surface area (TPSA) is 41.5 Å². The van der Waals surface area contributed by atoms with E-state index < -0.39 is 6.29 Å². The first-order valence-electron chi connectivity index (χ1n) is 2.77. The molecule has 0 heterocycles. The summed E-state index contributed by atoms with van der Waals surface area (Å²) in [7, 11) is 0. The van der Waals surface area contributed by atoms with Crippen molar-refractivity contribution in [1.29, 1.82) is 0 Å². The van der Waals surface area contributed by atoms with Crippen LogP contribution < -0.4 is 56.5 Å². The van der Waals surface area contributed by atoms with E-state index in [0.717, 1.165) is 0 Å². The van der Waals surface area contributed by atoms with Crippen LogP contribution in [0.3, 0.4) is 0 Å². The van der Waals surface area contributed by atoms with Crippen LogP contribution in [0.25, 0.3) is 0 Å². The Labute approximate surface area is 104 Å².